The minimum atomic E-state index is -0.0527. The molecular formula is C16H21N3O3S. The average Bonchev–Trinajstić information content (AvgIpc) is 2.93. The Bertz CT molecular complexity index is 615. The summed E-state index contributed by atoms with van der Waals surface area (Å²) in [5.41, 5.74) is 0.784. The fourth-order valence-electron chi connectivity index (χ4n) is 1.87. The molecule has 0 aromatic heterocycles. The van der Waals surface area contributed by atoms with Crippen LogP contribution in [0.3, 0.4) is 0 Å². The molecule has 1 N–H and O–H groups in total. The lowest BCUT2D eigenvalue weighted by molar-refractivity contribution is -0.116. The molecule has 1 heterocycles. The Morgan fingerprint density at radius 1 is 1.43 bits per heavy atom. The fraction of sp³-hybridized carbons (Fsp3) is 0.438. The van der Waals surface area contributed by atoms with E-state index in [1.807, 2.05) is 18.2 Å². The Labute approximate surface area is 140 Å². The number of para-hydroxylation sites is 1. The first-order valence-corrected chi connectivity index (χ1v) is 8.42. The lowest BCUT2D eigenvalue weighted by Crippen LogP contribution is -2.19. The lowest BCUT2D eigenvalue weighted by Gasteiger charge is -2.13. The smallest absolute Gasteiger partial charge is 0.236 e. The van der Waals surface area contributed by atoms with Crippen LogP contribution in [0.15, 0.2) is 28.4 Å². The Morgan fingerprint density at radius 2 is 2.26 bits per heavy atom. The number of carbonyl (C=O) groups excluding carboxylic acids is 1. The Morgan fingerprint density at radius 3 is 2.91 bits per heavy atom. The van der Waals surface area contributed by atoms with Gasteiger partial charge in [0.05, 0.1) is 25.7 Å². The monoisotopic (exact) mass is 335 g/mol. The summed E-state index contributed by atoms with van der Waals surface area (Å²) in [6, 6.07) is 5.60. The number of nitrogens with zero attached hydrogens (tertiary/aromatic N) is 2. The molecule has 1 aliphatic rings. The van der Waals surface area contributed by atoms with Gasteiger partial charge in [0.15, 0.2) is 16.7 Å². The van der Waals surface area contributed by atoms with Gasteiger partial charge in [0, 0.05) is 5.56 Å². The number of thioether (sulfide) groups is 1. The second kappa shape index (κ2) is 8.57. The highest BCUT2D eigenvalue weighted by Gasteiger charge is 2.16. The van der Waals surface area contributed by atoms with E-state index in [9.17, 15) is 4.79 Å². The summed E-state index contributed by atoms with van der Waals surface area (Å²) in [6.45, 7) is 4.91. The highest BCUT2D eigenvalue weighted by Crippen LogP contribution is 2.30. The van der Waals surface area contributed by atoms with Gasteiger partial charge < -0.3 is 14.8 Å². The molecule has 6 nitrogen and oxygen atoms in total. The molecular weight excluding hydrogens is 314 g/mol. The highest BCUT2D eigenvalue weighted by atomic mass is 32.2. The van der Waals surface area contributed by atoms with E-state index in [0.717, 1.165) is 12.0 Å². The zero-order valence-electron chi connectivity index (χ0n) is 13.5. The molecule has 2 rings (SSSR count). The summed E-state index contributed by atoms with van der Waals surface area (Å²) in [4.78, 5) is 11.1. The van der Waals surface area contributed by atoms with E-state index < -0.39 is 0 Å². The van der Waals surface area contributed by atoms with Crippen LogP contribution in [0.25, 0.3) is 0 Å². The number of benzene rings is 1. The largest absolute Gasteiger partial charge is 0.493 e. The fourth-order valence-corrected chi connectivity index (χ4v) is 2.50. The van der Waals surface area contributed by atoms with Crippen molar-refractivity contribution in [2.45, 2.75) is 20.3 Å². The van der Waals surface area contributed by atoms with Crippen molar-refractivity contribution in [2.24, 2.45) is 16.1 Å². The van der Waals surface area contributed by atoms with Crippen LogP contribution in [0.5, 0.6) is 11.5 Å². The van der Waals surface area contributed by atoms with E-state index in [1.165, 1.54) is 11.8 Å². The number of methoxy groups -OCH3 is 1. The summed E-state index contributed by atoms with van der Waals surface area (Å²) in [5.74, 6) is 2.22. The molecule has 1 saturated heterocycles. The van der Waals surface area contributed by atoms with Crippen molar-refractivity contribution in [3.8, 4) is 11.5 Å². The van der Waals surface area contributed by atoms with Crippen LogP contribution in [0.1, 0.15) is 25.8 Å². The maximum atomic E-state index is 11.1. The Kier molecular flexibility index (Phi) is 6.46. The number of hydrogen-bond acceptors (Lipinski definition) is 6. The van der Waals surface area contributed by atoms with Gasteiger partial charge in [0.2, 0.25) is 5.91 Å². The SMILES string of the molecule is COc1cccc(C=NN=C2NC(=O)CS2)c1OCCC(C)C. The highest BCUT2D eigenvalue weighted by molar-refractivity contribution is 8.15. The van der Waals surface area contributed by atoms with Gasteiger partial charge in [-0.2, -0.15) is 5.10 Å². The summed E-state index contributed by atoms with van der Waals surface area (Å²) in [6.07, 6.45) is 2.56. The summed E-state index contributed by atoms with van der Waals surface area (Å²) in [5, 5.41) is 11.2. The van der Waals surface area contributed by atoms with Crippen molar-refractivity contribution in [3.63, 3.8) is 0 Å². The van der Waals surface area contributed by atoms with Gasteiger partial charge in [-0.25, -0.2) is 0 Å². The third kappa shape index (κ3) is 5.28. The average molecular weight is 335 g/mol. The molecule has 124 valence electrons. The molecule has 0 unspecified atom stereocenters. The number of amidine groups is 1. The van der Waals surface area contributed by atoms with E-state index in [1.54, 1.807) is 13.3 Å². The minimum absolute atomic E-state index is 0.0527. The van der Waals surface area contributed by atoms with Crippen molar-refractivity contribution in [1.82, 2.24) is 5.32 Å². The standard InChI is InChI=1S/C16H21N3O3S/c1-11(2)7-8-22-15-12(5-4-6-13(15)21-3)9-17-19-16-18-14(20)10-23-16/h4-6,9,11H,7-8,10H2,1-3H3,(H,18,19,20). The zero-order chi connectivity index (χ0) is 16.7. The van der Waals surface area contributed by atoms with Crippen LogP contribution in [-0.4, -0.2) is 36.8 Å². The Hall–Kier alpha value is -2.02. The van der Waals surface area contributed by atoms with Gasteiger partial charge in [-0.1, -0.05) is 31.7 Å². The van der Waals surface area contributed by atoms with Crippen molar-refractivity contribution < 1.29 is 14.3 Å². The van der Waals surface area contributed by atoms with Gasteiger partial charge >= 0.3 is 0 Å². The lowest BCUT2D eigenvalue weighted by atomic mass is 10.1. The molecule has 1 fully saturated rings. The van der Waals surface area contributed by atoms with Crippen molar-refractivity contribution in [3.05, 3.63) is 23.8 Å². The van der Waals surface area contributed by atoms with Gasteiger partial charge in [-0.05, 0) is 24.5 Å². The van der Waals surface area contributed by atoms with Gasteiger partial charge in [-0.15, -0.1) is 5.10 Å². The normalized spacial score (nSPS) is 16.3. The first-order valence-electron chi connectivity index (χ1n) is 7.43. The third-order valence-electron chi connectivity index (χ3n) is 3.10. The van der Waals surface area contributed by atoms with E-state index in [2.05, 4.69) is 29.4 Å². The predicted octanol–water partition coefficient (Wildman–Crippen LogP) is 2.67. The molecule has 0 saturated carbocycles. The maximum Gasteiger partial charge on any atom is 0.236 e. The van der Waals surface area contributed by atoms with Crippen LogP contribution >= 0.6 is 11.8 Å². The molecule has 23 heavy (non-hydrogen) atoms. The van der Waals surface area contributed by atoms with Gasteiger partial charge in [-0.3, -0.25) is 4.79 Å². The van der Waals surface area contributed by atoms with E-state index >= 15 is 0 Å². The molecule has 7 heteroatoms. The Balaban J connectivity index is 2.11. The molecule has 0 aliphatic carbocycles. The van der Waals surface area contributed by atoms with E-state index in [-0.39, 0.29) is 5.91 Å². The summed E-state index contributed by atoms with van der Waals surface area (Å²) in [7, 11) is 1.61. The number of nitrogens with one attached hydrogen (secondary N) is 1. The van der Waals surface area contributed by atoms with Gasteiger partial charge in [0.1, 0.15) is 0 Å². The quantitative estimate of drug-likeness (QED) is 0.614. The molecule has 1 amide bonds. The molecule has 1 aliphatic heterocycles. The first kappa shape index (κ1) is 17.3. The predicted molar refractivity (Wildman–Crippen MR) is 93.6 cm³/mol. The third-order valence-corrected chi connectivity index (χ3v) is 3.97. The zero-order valence-corrected chi connectivity index (χ0v) is 14.4. The number of ether oxygens (including phenoxy) is 2. The molecule has 0 atom stereocenters. The van der Waals surface area contributed by atoms with Crippen LogP contribution < -0.4 is 14.8 Å². The molecule has 0 bridgehead atoms. The van der Waals surface area contributed by atoms with Crippen molar-refractivity contribution in [2.75, 3.05) is 19.5 Å². The first-order chi connectivity index (χ1) is 11.1. The van der Waals surface area contributed by atoms with E-state index in [0.29, 0.717) is 34.9 Å². The molecule has 1 aromatic rings. The van der Waals surface area contributed by atoms with Crippen LogP contribution in [0.2, 0.25) is 0 Å². The summed E-state index contributed by atoms with van der Waals surface area (Å²) < 4.78 is 11.2. The van der Waals surface area contributed by atoms with Crippen LogP contribution in [0.4, 0.5) is 0 Å². The number of rotatable bonds is 7. The number of amides is 1. The minimum Gasteiger partial charge on any atom is -0.493 e. The second-order valence-electron chi connectivity index (χ2n) is 5.40. The topological polar surface area (TPSA) is 72.3 Å². The maximum absolute atomic E-state index is 11.1. The van der Waals surface area contributed by atoms with E-state index in [4.69, 9.17) is 9.47 Å². The molecule has 0 radical (unpaired) electrons. The second-order valence-corrected chi connectivity index (χ2v) is 6.36. The summed E-state index contributed by atoms with van der Waals surface area (Å²) >= 11 is 1.33. The van der Waals surface area contributed by atoms with Crippen LogP contribution in [-0.2, 0) is 4.79 Å². The number of carbonyl (C=O) groups is 1. The van der Waals surface area contributed by atoms with Crippen molar-refractivity contribution in [1.29, 1.82) is 0 Å². The van der Waals surface area contributed by atoms with Crippen LogP contribution in [0, 0.1) is 5.92 Å². The molecule has 0 spiro atoms. The molecule has 1 aromatic carbocycles. The number of hydrogen-bond donors (Lipinski definition) is 1. The van der Waals surface area contributed by atoms with Crippen molar-refractivity contribution >= 4 is 29.1 Å². The van der Waals surface area contributed by atoms with Gasteiger partial charge in [0.25, 0.3) is 0 Å².